The fraction of sp³-hybridized carbons (Fsp3) is 0.611. The van der Waals surface area contributed by atoms with E-state index in [1.807, 2.05) is 0 Å². The first-order chi connectivity index (χ1) is 20.1. The van der Waals surface area contributed by atoms with Crippen molar-refractivity contribution in [3.63, 3.8) is 0 Å². The van der Waals surface area contributed by atoms with Gasteiger partial charge in [0.2, 0.25) is 0 Å². The van der Waals surface area contributed by atoms with Crippen LogP contribution in [0.4, 0.5) is 0 Å². The molecule has 0 radical (unpaired) electrons. The molecule has 0 fully saturated rings. The summed E-state index contributed by atoms with van der Waals surface area (Å²) in [5, 5.41) is 9.44. The summed E-state index contributed by atoms with van der Waals surface area (Å²) >= 11 is 0. The number of hydrogen-bond donors (Lipinski definition) is 1. The van der Waals surface area contributed by atoms with Gasteiger partial charge < -0.3 is 14.6 Å². The van der Waals surface area contributed by atoms with E-state index in [9.17, 15) is 14.7 Å². The minimum absolute atomic E-state index is 0.0879. The summed E-state index contributed by atoms with van der Waals surface area (Å²) in [6, 6.07) is 0. The maximum absolute atomic E-state index is 12.0. The molecule has 0 aromatic rings. The predicted octanol–water partition coefficient (Wildman–Crippen LogP) is 9.44. The molecule has 0 heterocycles. The Morgan fingerprint density at radius 2 is 1.05 bits per heavy atom. The van der Waals surface area contributed by atoms with Gasteiger partial charge in [0.05, 0.1) is 6.61 Å². The van der Waals surface area contributed by atoms with E-state index in [1.165, 1.54) is 19.3 Å². The number of aliphatic hydroxyl groups is 1. The highest BCUT2D eigenvalue weighted by molar-refractivity contribution is 5.70. The van der Waals surface area contributed by atoms with Crippen LogP contribution in [0.25, 0.3) is 0 Å². The first kappa shape index (κ1) is 38.3. The van der Waals surface area contributed by atoms with Crippen LogP contribution in [0.1, 0.15) is 123 Å². The molecule has 0 saturated carbocycles. The molecule has 0 aromatic heterocycles. The maximum Gasteiger partial charge on any atom is 0.306 e. The third-order valence-electron chi connectivity index (χ3n) is 6.26. The van der Waals surface area contributed by atoms with Gasteiger partial charge in [0.15, 0.2) is 6.10 Å². The Morgan fingerprint density at radius 3 is 1.59 bits per heavy atom. The van der Waals surface area contributed by atoms with Crippen LogP contribution in [0.3, 0.4) is 0 Å². The van der Waals surface area contributed by atoms with Gasteiger partial charge in [-0.1, -0.05) is 119 Å². The quantitative estimate of drug-likeness (QED) is 0.0605. The SMILES string of the molecule is CC/C=C\C/C=C\C/C=C\C/C=C\C/C=C\C/C=C\CCCCC(=O)OC(CO)COC(=O)CCCCCCCC. The molecule has 232 valence electrons. The average molecular weight is 571 g/mol. The molecule has 0 rings (SSSR count). The zero-order valence-electron chi connectivity index (χ0n) is 26.0. The summed E-state index contributed by atoms with van der Waals surface area (Å²) in [5.74, 6) is -0.662. The second-order valence-electron chi connectivity index (χ2n) is 10.2. The Kier molecular flexibility index (Phi) is 29.8. The molecule has 1 atom stereocenters. The van der Waals surface area contributed by atoms with Crippen molar-refractivity contribution in [2.75, 3.05) is 13.2 Å². The number of esters is 2. The average Bonchev–Trinajstić information content (AvgIpc) is 2.97. The topological polar surface area (TPSA) is 72.8 Å². The van der Waals surface area contributed by atoms with Crippen molar-refractivity contribution in [2.24, 2.45) is 0 Å². The number of rotatable bonds is 27. The fourth-order valence-electron chi connectivity index (χ4n) is 3.85. The summed E-state index contributed by atoms with van der Waals surface area (Å²) in [6.45, 7) is 3.89. The highest BCUT2D eigenvalue weighted by atomic mass is 16.6. The number of allylic oxidation sites excluding steroid dienone is 12. The van der Waals surface area contributed by atoms with Gasteiger partial charge in [-0.05, 0) is 64.2 Å². The lowest BCUT2D eigenvalue weighted by atomic mass is 10.1. The van der Waals surface area contributed by atoms with E-state index in [4.69, 9.17) is 9.47 Å². The first-order valence-electron chi connectivity index (χ1n) is 16.0. The van der Waals surface area contributed by atoms with Crippen LogP contribution in [0.2, 0.25) is 0 Å². The fourth-order valence-corrected chi connectivity index (χ4v) is 3.85. The van der Waals surface area contributed by atoms with Crippen LogP contribution in [-0.4, -0.2) is 36.4 Å². The van der Waals surface area contributed by atoms with Gasteiger partial charge in [0.1, 0.15) is 6.61 Å². The monoisotopic (exact) mass is 570 g/mol. The lowest BCUT2D eigenvalue weighted by Gasteiger charge is -2.15. The summed E-state index contributed by atoms with van der Waals surface area (Å²) in [5.41, 5.74) is 0. The number of carbonyl (C=O) groups is 2. The molecule has 41 heavy (non-hydrogen) atoms. The molecule has 5 heteroatoms. The molecular weight excluding hydrogens is 512 g/mol. The van der Waals surface area contributed by atoms with Crippen LogP contribution in [0, 0.1) is 0 Å². The van der Waals surface area contributed by atoms with Gasteiger partial charge in [-0.15, -0.1) is 0 Å². The molecule has 0 bridgehead atoms. The molecule has 0 spiro atoms. The standard InChI is InChI=1S/C36H58O5/c1-3-5-7-9-11-12-13-14-15-16-17-18-19-20-21-22-23-24-25-27-29-31-36(39)41-34(32-37)33-40-35(38)30-28-26-10-8-6-4-2/h5,7,11-12,14-15,17-18,20-21,23-24,34,37H,3-4,6,8-10,13,16,19,22,25-33H2,1-2H3/b7-5-,12-11-,15-14-,18-17-,21-20-,24-23-. The summed E-state index contributed by atoms with van der Waals surface area (Å²) in [4.78, 5) is 23.9. The van der Waals surface area contributed by atoms with Gasteiger partial charge in [-0.2, -0.15) is 0 Å². The van der Waals surface area contributed by atoms with E-state index in [1.54, 1.807) is 0 Å². The Hall–Kier alpha value is -2.66. The predicted molar refractivity (Wildman–Crippen MR) is 173 cm³/mol. The van der Waals surface area contributed by atoms with Crippen molar-refractivity contribution in [3.8, 4) is 0 Å². The van der Waals surface area contributed by atoms with Crippen molar-refractivity contribution in [1.82, 2.24) is 0 Å². The van der Waals surface area contributed by atoms with E-state index in [2.05, 4.69) is 86.8 Å². The molecular formula is C36H58O5. The van der Waals surface area contributed by atoms with E-state index in [0.29, 0.717) is 12.8 Å². The largest absolute Gasteiger partial charge is 0.462 e. The van der Waals surface area contributed by atoms with Crippen LogP contribution in [-0.2, 0) is 19.1 Å². The number of aliphatic hydroxyl groups excluding tert-OH is 1. The molecule has 0 saturated heterocycles. The van der Waals surface area contributed by atoms with Crippen LogP contribution in [0.15, 0.2) is 72.9 Å². The molecule has 0 aliphatic rings. The van der Waals surface area contributed by atoms with Crippen molar-refractivity contribution in [1.29, 1.82) is 0 Å². The zero-order chi connectivity index (χ0) is 30.1. The Balaban J connectivity index is 3.74. The third-order valence-corrected chi connectivity index (χ3v) is 6.26. The van der Waals surface area contributed by atoms with Gasteiger partial charge in [-0.25, -0.2) is 0 Å². The molecule has 0 aromatic carbocycles. The third kappa shape index (κ3) is 30.1. The Labute approximate surface area is 251 Å². The number of carbonyl (C=O) groups excluding carboxylic acids is 2. The molecule has 5 nitrogen and oxygen atoms in total. The summed E-state index contributed by atoms with van der Waals surface area (Å²) in [7, 11) is 0. The maximum atomic E-state index is 12.0. The van der Waals surface area contributed by atoms with E-state index >= 15 is 0 Å². The molecule has 1 N–H and O–H groups in total. The van der Waals surface area contributed by atoms with Gasteiger partial charge in [0, 0.05) is 12.8 Å². The number of ether oxygens (including phenoxy) is 2. The van der Waals surface area contributed by atoms with Gasteiger partial charge in [0.25, 0.3) is 0 Å². The molecule has 0 aliphatic carbocycles. The normalized spacial score (nSPS) is 13.1. The van der Waals surface area contributed by atoms with E-state index in [0.717, 1.165) is 77.0 Å². The van der Waals surface area contributed by atoms with Gasteiger partial charge >= 0.3 is 11.9 Å². The highest BCUT2D eigenvalue weighted by Gasteiger charge is 2.15. The van der Waals surface area contributed by atoms with E-state index in [-0.39, 0.29) is 25.2 Å². The lowest BCUT2D eigenvalue weighted by Crippen LogP contribution is -2.28. The highest BCUT2D eigenvalue weighted by Crippen LogP contribution is 2.09. The van der Waals surface area contributed by atoms with Crippen LogP contribution < -0.4 is 0 Å². The molecule has 0 amide bonds. The molecule has 0 aliphatic heterocycles. The van der Waals surface area contributed by atoms with Crippen molar-refractivity contribution in [3.05, 3.63) is 72.9 Å². The van der Waals surface area contributed by atoms with Crippen molar-refractivity contribution >= 4 is 11.9 Å². The summed E-state index contributed by atoms with van der Waals surface area (Å²) < 4.78 is 10.4. The first-order valence-corrected chi connectivity index (χ1v) is 16.0. The lowest BCUT2D eigenvalue weighted by molar-refractivity contribution is -0.161. The van der Waals surface area contributed by atoms with Crippen LogP contribution in [0.5, 0.6) is 0 Å². The molecule has 1 unspecified atom stereocenters. The smallest absolute Gasteiger partial charge is 0.306 e. The minimum atomic E-state index is -0.792. The van der Waals surface area contributed by atoms with E-state index < -0.39 is 6.10 Å². The zero-order valence-corrected chi connectivity index (χ0v) is 26.0. The second-order valence-corrected chi connectivity index (χ2v) is 10.2. The van der Waals surface area contributed by atoms with Crippen molar-refractivity contribution < 1.29 is 24.2 Å². The number of unbranched alkanes of at least 4 members (excludes halogenated alkanes) is 7. The van der Waals surface area contributed by atoms with Crippen LogP contribution >= 0.6 is 0 Å². The van der Waals surface area contributed by atoms with Crippen molar-refractivity contribution in [2.45, 2.75) is 129 Å². The number of hydrogen-bond acceptors (Lipinski definition) is 5. The van der Waals surface area contributed by atoms with Gasteiger partial charge in [-0.3, -0.25) is 9.59 Å². The Bertz CT molecular complexity index is 788. The Morgan fingerprint density at radius 1 is 0.585 bits per heavy atom. The summed E-state index contributed by atoms with van der Waals surface area (Å²) in [6.07, 6.45) is 41.2. The second kappa shape index (κ2) is 31.9. The minimum Gasteiger partial charge on any atom is -0.462 e.